The number of carbonyl (C=O) groups is 1. The highest BCUT2D eigenvalue weighted by Gasteiger charge is 2.25. The second kappa shape index (κ2) is 6.47. The van der Waals surface area contributed by atoms with Crippen LogP contribution in [0.25, 0.3) is 0 Å². The number of methoxy groups -OCH3 is 1. The lowest BCUT2D eigenvalue weighted by Crippen LogP contribution is -2.28. The number of aromatic nitrogens is 1. The van der Waals surface area contributed by atoms with Gasteiger partial charge in [-0.05, 0) is 37.1 Å². The predicted molar refractivity (Wildman–Crippen MR) is 86.5 cm³/mol. The normalized spacial score (nSPS) is 14.0. The van der Waals surface area contributed by atoms with Crippen molar-refractivity contribution in [2.24, 2.45) is 5.92 Å². The molecule has 1 fully saturated rings. The molecule has 5 nitrogen and oxygen atoms in total. The van der Waals surface area contributed by atoms with Gasteiger partial charge >= 0.3 is 0 Å². The number of ether oxygens (including phenoxy) is 1. The number of nitrogens with zero attached hydrogens (tertiary/aromatic N) is 1. The van der Waals surface area contributed by atoms with Crippen LogP contribution < -0.4 is 15.4 Å². The van der Waals surface area contributed by atoms with E-state index in [0.29, 0.717) is 5.82 Å². The zero-order valence-electron chi connectivity index (χ0n) is 12.5. The number of nitrogens with one attached hydrogen (secondary N) is 2. The first-order valence-electron chi connectivity index (χ1n) is 7.42. The molecule has 1 heterocycles. The standard InChI is InChI=1S/C17H19N3O2/c1-22-15-7-3-6-13(10-15)19-14-8-9-16(18-11-14)20-17(21)12-4-2-5-12/h3,6-12,19H,2,4-5H2,1H3,(H,18,20,21). The summed E-state index contributed by atoms with van der Waals surface area (Å²) in [6.45, 7) is 0. The molecule has 0 unspecified atom stereocenters. The van der Waals surface area contributed by atoms with Gasteiger partial charge in [0.05, 0.1) is 19.0 Å². The van der Waals surface area contributed by atoms with Crippen LogP contribution in [0.2, 0.25) is 0 Å². The second-order valence-corrected chi connectivity index (χ2v) is 5.41. The summed E-state index contributed by atoms with van der Waals surface area (Å²) in [5.41, 5.74) is 1.78. The summed E-state index contributed by atoms with van der Waals surface area (Å²) in [5.74, 6) is 1.62. The van der Waals surface area contributed by atoms with Crippen LogP contribution in [0, 0.1) is 5.92 Å². The van der Waals surface area contributed by atoms with Crippen LogP contribution in [0.15, 0.2) is 42.6 Å². The van der Waals surface area contributed by atoms with E-state index in [1.807, 2.05) is 30.3 Å². The van der Waals surface area contributed by atoms with Gasteiger partial charge in [0.25, 0.3) is 0 Å². The van der Waals surface area contributed by atoms with E-state index in [9.17, 15) is 4.79 Å². The van der Waals surface area contributed by atoms with Gasteiger partial charge in [-0.3, -0.25) is 4.79 Å². The van der Waals surface area contributed by atoms with Crippen molar-refractivity contribution in [2.45, 2.75) is 19.3 Å². The van der Waals surface area contributed by atoms with Crippen molar-refractivity contribution in [3.63, 3.8) is 0 Å². The summed E-state index contributed by atoms with van der Waals surface area (Å²) < 4.78 is 5.19. The third kappa shape index (κ3) is 3.36. The molecule has 0 atom stereocenters. The van der Waals surface area contributed by atoms with Gasteiger partial charge < -0.3 is 15.4 Å². The smallest absolute Gasteiger partial charge is 0.228 e. The van der Waals surface area contributed by atoms with Gasteiger partial charge in [0.2, 0.25) is 5.91 Å². The number of hydrogen-bond donors (Lipinski definition) is 2. The fourth-order valence-corrected chi connectivity index (χ4v) is 2.31. The molecule has 2 N–H and O–H groups in total. The molecule has 1 aromatic heterocycles. The van der Waals surface area contributed by atoms with Gasteiger partial charge in [0.15, 0.2) is 0 Å². The maximum Gasteiger partial charge on any atom is 0.228 e. The van der Waals surface area contributed by atoms with Crippen molar-refractivity contribution in [3.8, 4) is 5.75 Å². The van der Waals surface area contributed by atoms with Gasteiger partial charge in [-0.2, -0.15) is 0 Å². The Labute approximate surface area is 129 Å². The van der Waals surface area contributed by atoms with E-state index >= 15 is 0 Å². The summed E-state index contributed by atoms with van der Waals surface area (Å²) in [5, 5.41) is 6.10. The van der Waals surface area contributed by atoms with Crippen molar-refractivity contribution in [2.75, 3.05) is 17.7 Å². The van der Waals surface area contributed by atoms with Crippen LogP contribution in [0.5, 0.6) is 5.75 Å². The summed E-state index contributed by atoms with van der Waals surface area (Å²) >= 11 is 0. The summed E-state index contributed by atoms with van der Waals surface area (Å²) in [7, 11) is 1.64. The molecule has 1 aromatic carbocycles. The van der Waals surface area contributed by atoms with Crippen LogP contribution in [0.4, 0.5) is 17.2 Å². The quantitative estimate of drug-likeness (QED) is 0.885. The fourth-order valence-electron chi connectivity index (χ4n) is 2.31. The Kier molecular flexibility index (Phi) is 4.23. The largest absolute Gasteiger partial charge is 0.497 e. The van der Waals surface area contributed by atoms with E-state index in [-0.39, 0.29) is 11.8 Å². The molecule has 3 rings (SSSR count). The number of amides is 1. The Morgan fingerprint density at radius 2 is 2.09 bits per heavy atom. The number of rotatable bonds is 5. The number of hydrogen-bond acceptors (Lipinski definition) is 4. The number of benzene rings is 1. The molecular formula is C17H19N3O2. The molecule has 1 saturated carbocycles. The highest BCUT2D eigenvalue weighted by Crippen LogP contribution is 2.27. The van der Waals surface area contributed by atoms with E-state index in [0.717, 1.165) is 36.4 Å². The highest BCUT2D eigenvalue weighted by molar-refractivity contribution is 5.92. The maximum atomic E-state index is 11.9. The van der Waals surface area contributed by atoms with Gasteiger partial charge in [-0.1, -0.05) is 12.5 Å². The van der Waals surface area contributed by atoms with Crippen molar-refractivity contribution in [3.05, 3.63) is 42.6 Å². The Bertz CT molecular complexity index is 651. The van der Waals surface area contributed by atoms with E-state index in [4.69, 9.17) is 4.74 Å². The number of carbonyl (C=O) groups excluding carboxylic acids is 1. The van der Waals surface area contributed by atoms with E-state index in [2.05, 4.69) is 15.6 Å². The third-order valence-corrected chi connectivity index (χ3v) is 3.85. The van der Waals surface area contributed by atoms with Crippen LogP contribution in [-0.4, -0.2) is 18.0 Å². The molecule has 1 aliphatic carbocycles. The molecule has 2 aromatic rings. The topological polar surface area (TPSA) is 63.2 Å². The Morgan fingerprint density at radius 1 is 1.23 bits per heavy atom. The average molecular weight is 297 g/mol. The van der Waals surface area contributed by atoms with Gasteiger partial charge in [0.1, 0.15) is 11.6 Å². The monoisotopic (exact) mass is 297 g/mol. The first-order valence-corrected chi connectivity index (χ1v) is 7.42. The molecule has 1 amide bonds. The van der Waals surface area contributed by atoms with Crippen molar-refractivity contribution < 1.29 is 9.53 Å². The molecule has 0 bridgehead atoms. The van der Waals surface area contributed by atoms with E-state index in [1.165, 1.54) is 0 Å². The molecule has 1 aliphatic rings. The van der Waals surface area contributed by atoms with Crippen LogP contribution >= 0.6 is 0 Å². The number of anilines is 3. The van der Waals surface area contributed by atoms with E-state index < -0.39 is 0 Å². The van der Waals surface area contributed by atoms with E-state index in [1.54, 1.807) is 19.4 Å². The average Bonchev–Trinajstić information content (AvgIpc) is 2.48. The molecule has 114 valence electrons. The van der Waals surface area contributed by atoms with Crippen LogP contribution in [0.1, 0.15) is 19.3 Å². The molecule has 0 radical (unpaired) electrons. The summed E-state index contributed by atoms with van der Waals surface area (Å²) in [6, 6.07) is 11.4. The van der Waals surface area contributed by atoms with Gasteiger partial charge in [0, 0.05) is 17.7 Å². The minimum Gasteiger partial charge on any atom is -0.497 e. The first kappa shape index (κ1) is 14.4. The third-order valence-electron chi connectivity index (χ3n) is 3.85. The van der Waals surface area contributed by atoms with Crippen LogP contribution in [-0.2, 0) is 4.79 Å². The van der Waals surface area contributed by atoms with Crippen molar-refractivity contribution in [1.82, 2.24) is 4.98 Å². The van der Waals surface area contributed by atoms with Crippen molar-refractivity contribution >= 4 is 23.1 Å². The lowest BCUT2D eigenvalue weighted by atomic mass is 9.85. The van der Waals surface area contributed by atoms with Gasteiger partial charge in [-0.15, -0.1) is 0 Å². The zero-order chi connectivity index (χ0) is 15.4. The highest BCUT2D eigenvalue weighted by atomic mass is 16.5. The molecule has 5 heteroatoms. The Balaban J connectivity index is 1.62. The summed E-state index contributed by atoms with van der Waals surface area (Å²) in [6.07, 6.45) is 4.83. The Hall–Kier alpha value is -2.56. The van der Waals surface area contributed by atoms with Crippen molar-refractivity contribution in [1.29, 1.82) is 0 Å². The van der Waals surface area contributed by atoms with Gasteiger partial charge in [-0.25, -0.2) is 4.98 Å². The molecule has 22 heavy (non-hydrogen) atoms. The number of pyridine rings is 1. The SMILES string of the molecule is COc1cccc(Nc2ccc(NC(=O)C3CCC3)nc2)c1. The first-order chi connectivity index (χ1) is 10.7. The molecule has 0 aliphatic heterocycles. The summed E-state index contributed by atoms with van der Waals surface area (Å²) in [4.78, 5) is 16.1. The molecular weight excluding hydrogens is 278 g/mol. The lowest BCUT2D eigenvalue weighted by Gasteiger charge is -2.23. The minimum atomic E-state index is 0.0762. The second-order valence-electron chi connectivity index (χ2n) is 5.41. The van der Waals surface area contributed by atoms with Crippen LogP contribution in [0.3, 0.4) is 0 Å². The fraction of sp³-hybridized carbons (Fsp3) is 0.294. The zero-order valence-corrected chi connectivity index (χ0v) is 12.5. The predicted octanol–water partition coefficient (Wildman–Crippen LogP) is 3.57. The molecule has 0 saturated heterocycles. The minimum absolute atomic E-state index is 0.0762. The lowest BCUT2D eigenvalue weighted by molar-refractivity contribution is -0.122. The Morgan fingerprint density at radius 3 is 2.73 bits per heavy atom. The molecule has 0 spiro atoms. The maximum absolute atomic E-state index is 11.9.